The van der Waals surface area contributed by atoms with Crippen LogP contribution in [0.25, 0.3) is 11.1 Å². The molecule has 0 fully saturated rings. The van der Waals surface area contributed by atoms with E-state index in [0.29, 0.717) is 6.42 Å². The molecule has 0 spiro atoms. The highest BCUT2D eigenvalue weighted by molar-refractivity contribution is 5.89. The van der Waals surface area contributed by atoms with Crippen LogP contribution in [0.1, 0.15) is 37.3 Å². The van der Waals surface area contributed by atoms with E-state index in [1.165, 1.54) is 7.11 Å². The van der Waals surface area contributed by atoms with Crippen LogP contribution in [0.5, 0.6) is 0 Å². The van der Waals surface area contributed by atoms with Crippen molar-refractivity contribution < 1.29 is 29.0 Å². The van der Waals surface area contributed by atoms with Gasteiger partial charge in [0.1, 0.15) is 12.6 Å². The van der Waals surface area contributed by atoms with Crippen LogP contribution in [0.2, 0.25) is 0 Å². The first kappa shape index (κ1) is 24.3. The van der Waals surface area contributed by atoms with Crippen molar-refractivity contribution in [1.29, 1.82) is 0 Å². The minimum Gasteiger partial charge on any atom is -0.480 e. The molecular weight excluding hydrogens is 424 g/mol. The summed E-state index contributed by atoms with van der Waals surface area (Å²) < 4.78 is 10.4. The molecule has 3 unspecified atom stereocenters. The number of hydrogen-bond acceptors (Lipinski definition) is 5. The molecule has 0 heterocycles. The van der Waals surface area contributed by atoms with Crippen LogP contribution in [0.4, 0.5) is 4.79 Å². The van der Waals surface area contributed by atoms with Gasteiger partial charge < -0.3 is 25.2 Å². The zero-order valence-electron chi connectivity index (χ0n) is 19.0. The normalized spacial score (nSPS) is 15.0. The molecule has 0 saturated carbocycles. The molecule has 3 rings (SSSR count). The van der Waals surface area contributed by atoms with E-state index >= 15 is 0 Å². The van der Waals surface area contributed by atoms with Gasteiger partial charge in [0.25, 0.3) is 0 Å². The highest BCUT2D eigenvalue weighted by Crippen LogP contribution is 2.44. The Kier molecular flexibility index (Phi) is 8.06. The second-order valence-electron chi connectivity index (χ2n) is 8.19. The average Bonchev–Trinajstić information content (AvgIpc) is 3.14. The van der Waals surface area contributed by atoms with Crippen LogP contribution in [-0.4, -0.2) is 55.5 Å². The predicted octanol–water partition coefficient (Wildman–Crippen LogP) is 3.16. The largest absolute Gasteiger partial charge is 0.480 e. The Bertz CT molecular complexity index is 962. The minimum absolute atomic E-state index is 0.0999. The van der Waals surface area contributed by atoms with Crippen molar-refractivity contribution in [3.63, 3.8) is 0 Å². The summed E-state index contributed by atoms with van der Waals surface area (Å²) in [6.45, 7) is 3.63. The van der Waals surface area contributed by atoms with Crippen molar-refractivity contribution in [2.75, 3.05) is 20.3 Å². The lowest BCUT2D eigenvalue weighted by Crippen LogP contribution is -2.55. The number of carboxylic acids is 1. The fraction of sp³-hybridized carbons (Fsp3) is 0.400. The van der Waals surface area contributed by atoms with E-state index in [9.17, 15) is 19.5 Å². The van der Waals surface area contributed by atoms with Gasteiger partial charge in [0.15, 0.2) is 6.04 Å². The van der Waals surface area contributed by atoms with E-state index in [1.54, 1.807) is 6.92 Å². The SMILES string of the molecule is CCC(C)C(NC(=O)OCC1c2ccccc2-c2ccccc21)C(=O)NC(COC)C(=O)O. The number of alkyl carbamates (subject to hydrolysis) is 1. The Morgan fingerprint density at radius 2 is 1.58 bits per heavy atom. The molecule has 0 bridgehead atoms. The third kappa shape index (κ3) is 5.51. The zero-order chi connectivity index (χ0) is 24.0. The van der Waals surface area contributed by atoms with Gasteiger partial charge >= 0.3 is 12.1 Å². The van der Waals surface area contributed by atoms with E-state index in [-0.39, 0.29) is 25.0 Å². The molecule has 2 aromatic rings. The van der Waals surface area contributed by atoms with Gasteiger partial charge in [-0.2, -0.15) is 0 Å². The topological polar surface area (TPSA) is 114 Å². The predicted molar refractivity (Wildman–Crippen MR) is 123 cm³/mol. The number of carboxylic acid groups (broad SMARTS) is 1. The maximum Gasteiger partial charge on any atom is 0.407 e. The third-order valence-corrected chi connectivity index (χ3v) is 6.06. The summed E-state index contributed by atoms with van der Waals surface area (Å²) in [5.41, 5.74) is 4.42. The summed E-state index contributed by atoms with van der Waals surface area (Å²) >= 11 is 0. The van der Waals surface area contributed by atoms with Gasteiger partial charge in [-0.1, -0.05) is 68.8 Å². The van der Waals surface area contributed by atoms with E-state index < -0.39 is 30.1 Å². The van der Waals surface area contributed by atoms with Crippen molar-refractivity contribution in [2.24, 2.45) is 5.92 Å². The summed E-state index contributed by atoms with van der Waals surface area (Å²) in [6.07, 6.45) is -0.125. The molecule has 8 heteroatoms. The summed E-state index contributed by atoms with van der Waals surface area (Å²) in [5, 5.41) is 14.3. The second kappa shape index (κ2) is 11.0. The van der Waals surface area contributed by atoms with Crippen molar-refractivity contribution in [1.82, 2.24) is 10.6 Å². The van der Waals surface area contributed by atoms with E-state index in [4.69, 9.17) is 9.47 Å². The number of carbonyl (C=O) groups is 3. The Labute approximate surface area is 193 Å². The summed E-state index contributed by atoms with van der Waals surface area (Å²) in [5.74, 6) is -2.14. The minimum atomic E-state index is -1.21. The second-order valence-corrected chi connectivity index (χ2v) is 8.19. The molecule has 2 amide bonds. The quantitative estimate of drug-likeness (QED) is 0.508. The Balaban J connectivity index is 1.68. The van der Waals surface area contributed by atoms with E-state index in [1.807, 2.05) is 43.3 Å². The molecule has 1 aliphatic carbocycles. The highest BCUT2D eigenvalue weighted by Gasteiger charge is 2.32. The Hall–Kier alpha value is -3.39. The molecule has 33 heavy (non-hydrogen) atoms. The average molecular weight is 455 g/mol. The van der Waals surface area contributed by atoms with Crippen LogP contribution in [-0.2, 0) is 19.1 Å². The Morgan fingerprint density at radius 1 is 1.00 bits per heavy atom. The molecule has 0 radical (unpaired) electrons. The monoisotopic (exact) mass is 454 g/mol. The number of carbonyl (C=O) groups excluding carboxylic acids is 2. The standard InChI is InChI=1S/C25H30N2O6/c1-4-15(2)22(23(28)26-21(14-32-3)24(29)30)27-25(31)33-13-20-18-11-7-5-9-16(18)17-10-6-8-12-19(17)20/h5-12,15,20-22H,4,13-14H2,1-3H3,(H,26,28)(H,27,31)(H,29,30). The number of fused-ring (bicyclic) bond motifs is 3. The van der Waals surface area contributed by atoms with E-state index in [0.717, 1.165) is 22.3 Å². The number of rotatable bonds is 10. The van der Waals surface area contributed by atoms with Gasteiger partial charge in [0, 0.05) is 13.0 Å². The van der Waals surface area contributed by atoms with Gasteiger partial charge in [-0.25, -0.2) is 9.59 Å². The van der Waals surface area contributed by atoms with Gasteiger partial charge in [-0.3, -0.25) is 4.79 Å². The number of nitrogens with one attached hydrogen (secondary N) is 2. The fourth-order valence-corrected chi connectivity index (χ4v) is 4.07. The molecule has 1 aliphatic rings. The summed E-state index contributed by atoms with van der Waals surface area (Å²) in [6, 6.07) is 13.9. The van der Waals surface area contributed by atoms with Crippen molar-refractivity contribution in [3.05, 3.63) is 59.7 Å². The van der Waals surface area contributed by atoms with Crippen molar-refractivity contribution in [2.45, 2.75) is 38.3 Å². The van der Waals surface area contributed by atoms with Crippen LogP contribution in [0, 0.1) is 5.92 Å². The lowest BCUT2D eigenvalue weighted by molar-refractivity contribution is -0.143. The fourth-order valence-electron chi connectivity index (χ4n) is 4.07. The lowest BCUT2D eigenvalue weighted by atomic mass is 9.98. The lowest BCUT2D eigenvalue weighted by Gasteiger charge is -2.25. The van der Waals surface area contributed by atoms with E-state index in [2.05, 4.69) is 22.8 Å². The van der Waals surface area contributed by atoms with Crippen molar-refractivity contribution >= 4 is 18.0 Å². The molecule has 3 N–H and O–H groups in total. The summed E-state index contributed by atoms with van der Waals surface area (Å²) in [4.78, 5) is 36.8. The molecule has 8 nitrogen and oxygen atoms in total. The van der Waals surface area contributed by atoms with Crippen LogP contribution >= 0.6 is 0 Å². The van der Waals surface area contributed by atoms with Crippen LogP contribution in [0.3, 0.4) is 0 Å². The van der Waals surface area contributed by atoms with Crippen molar-refractivity contribution in [3.8, 4) is 11.1 Å². The maximum atomic E-state index is 12.8. The highest BCUT2D eigenvalue weighted by atomic mass is 16.5. The number of aliphatic carboxylic acids is 1. The first-order valence-electron chi connectivity index (χ1n) is 11.0. The van der Waals surface area contributed by atoms with Crippen LogP contribution < -0.4 is 10.6 Å². The molecular formula is C25H30N2O6. The maximum absolute atomic E-state index is 12.8. The number of hydrogen-bond donors (Lipinski definition) is 3. The zero-order valence-corrected chi connectivity index (χ0v) is 19.0. The third-order valence-electron chi connectivity index (χ3n) is 6.06. The molecule has 0 aromatic heterocycles. The Morgan fingerprint density at radius 3 is 2.09 bits per heavy atom. The van der Waals surface area contributed by atoms with Gasteiger partial charge in [0.2, 0.25) is 5.91 Å². The molecule has 3 atom stereocenters. The first-order valence-corrected chi connectivity index (χ1v) is 11.0. The number of amides is 2. The summed E-state index contributed by atoms with van der Waals surface area (Å²) in [7, 11) is 1.35. The molecule has 0 aliphatic heterocycles. The molecule has 176 valence electrons. The first-order chi connectivity index (χ1) is 15.9. The van der Waals surface area contributed by atoms with Gasteiger partial charge in [0.05, 0.1) is 6.61 Å². The molecule has 0 saturated heterocycles. The molecule has 2 aromatic carbocycles. The van der Waals surface area contributed by atoms with Gasteiger partial charge in [-0.05, 0) is 28.2 Å². The number of benzene rings is 2. The van der Waals surface area contributed by atoms with Gasteiger partial charge in [-0.15, -0.1) is 0 Å². The van der Waals surface area contributed by atoms with Crippen LogP contribution in [0.15, 0.2) is 48.5 Å². The number of ether oxygens (including phenoxy) is 2. The number of methoxy groups -OCH3 is 1. The smallest absolute Gasteiger partial charge is 0.407 e.